The minimum Gasteiger partial charge on any atom is -0.410 e. The molecule has 0 radical (unpaired) electrons. The molecule has 2 heterocycles. The fourth-order valence-corrected chi connectivity index (χ4v) is 5.96. The molecule has 0 amide bonds. The summed E-state index contributed by atoms with van der Waals surface area (Å²) in [6, 6.07) is 0. The van der Waals surface area contributed by atoms with E-state index in [1.807, 2.05) is 0 Å². The van der Waals surface area contributed by atoms with E-state index >= 15 is 0 Å². The van der Waals surface area contributed by atoms with Gasteiger partial charge in [-0.2, -0.15) is 0 Å². The molecule has 3 fully saturated rings. The molecule has 3 saturated carbocycles. The Hall–Kier alpha value is -0.393. The maximum atomic E-state index is 10.9. The Bertz CT molecular complexity index is 420. The SMILES string of the molecule is C[Si](C)(C)O[C@]12CN=C(N)[C@]3(O)C[C@H]1CCC[C@@H]3C2. The number of hydrogen-bond donors (Lipinski definition) is 2. The van der Waals surface area contributed by atoms with Crippen molar-refractivity contribution in [3.63, 3.8) is 0 Å². The number of rotatable bonds is 2. The lowest BCUT2D eigenvalue weighted by Crippen LogP contribution is -2.59. The molecule has 4 bridgehead atoms. The van der Waals surface area contributed by atoms with Gasteiger partial charge in [0.15, 0.2) is 8.32 Å². The third-order valence-electron chi connectivity index (χ3n) is 5.14. The first-order valence-corrected chi connectivity index (χ1v) is 10.9. The number of aliphatic hydroxyl groups is 1. The van der Waals surface area contributed by atoms with Crippen molar-refractivity contribution in [1.29, 1.82) is 0 Å². The van der Waals surface area contributed by atoms with Crippen LogP contribution in [0, 0.1) is 11.8 Å². The fourth-order valence-electron chi connectivity index (χ4n) is 4.43. The van der Waals surface area contributed by atoms with Gasteiger partial charge < -0.3 is 15.3 Å². The van der Waals surface area contributed by atoms with Crippen LogP contribution in [-0.2, 0) is 4.43 Å². The van der Waals surface area contributed by atoms with E-state index in [1.165, 1.54) is 6.42 Å². The van der Waals surface area contributed by atoms with E-state index in [1.54, 1.807) is 0 Å². The summed E-state index contributed by atoms with van der Waals surface area (Å²) in [5, 5.41) is 10.9. The predicted octanol–water partition coefficient (Wildman–Crippen LogP) is 1.89. The molecule has 0 saturated heterocycles. The fraction of sp³-hybridized carbons (Fsp3) is 0.929. The van der Waals surface area contributed by atoms with Gasteiger partial charge in [-0.05, 0) is 57.2 Å². The Morgan fingerprint density at radius 2 is 1.95 bits per heavy atom. The van der Waals surface area contributed by atoms with E-state index in [2.05, 4.69) is 24.6 Å². The van der Waals surface area contributed by atoms with Crippen LogP contribution in [0.5, 0.6) is 0 Å². The van der Waals surface area contributed by atoms with Crippen LogP contribution < -0.4 is 5.73 Å². The van der Waals surface area contributed by atoms with Crippen molar-refractivity contribution in [1.82, 2.24) is 0 Å². The molecule has 0 unspecified atom stereocenters. The highest BCUT2D eigenvalue weighted by atomic mass is 28.4. The zero-order chi connectivity index (χ0) is 13.9. The van der Waals surface area contributed by atoms with Gasteiger partial charge in [0.05, 0.1) is 12.1 Å². The summed E-state index contributed by atoms with van der Waals surface area (Å²) in [5.74, 6) is 1.10. The lowest BCUT2D eigenvalue weighted by molar-refractivity contribution is -0.0957. The Balaban J connectivity index is 2.03. The van der Waals surface area contributed by atoms with Crippen LogP contribution in [0.1, 0.15) is 32.1 Å². The largest absolute Gasteiger partial charge is 0.410 e. The molecule has 2 aliphatic heterocycles. The quantitative estimate of drug-likeness (QED) is 0.760. The zero-order valence-electron chi connectivity index (χ0n) is 12.3. The molecule has 4 atom stereocenters. The molecule has 19 heavy (non-hydrogen) atoms. The number of nitrogens with two attached hydrogens (primary N) is 1. The average molecular weight is 282 g/mol. The average Bonchev–Trinajstić information content (AvgIpc) is 2.61. The molecule has 5 aliphatic rings. The highest BCUT2D eigenvalue weighted by molar-refractivity contribution is 6.69. The molecule has 3 N–H and O–H groups in total. The molecule has 3 aliphatic carbocycles. The Morgan fingerprint density at radius 1 is 1.26 bits per heavy atom. The van der Waals surface area contributed by atoms with Crippen LogP contribution in [0.3, 0.4) is 0 Å². The number of amidine groups is 1. The van der Waals surface area contributed by atoms with Crippen LogP contribution in [0.2, 0.25) is 19.6 Å². The lowest BCUT2D eigenvalue weighted by Gasteiger charge is -2.50. The minimum absolute atomic E-state index is 0.154. The molecule has 108 valence electrons. The van der Waals surface area contributed by atoms with E-state index < -0.39 is 13.9 Å². The zero-order valence-corrected chi connectivity index (χ0v) is 13.3. The highest BCUT2D eigenvalue weighted by Gasteiger charge is 2.60. The summed E-state index contributed by atoms with van der Waals surface area (Å²) in [7, 11) is -1.63. The Labute approximate surface area is 116 Å². The second-order valence-electron chi connectivity index (χ2n) is 7.64. The van der Waals surface area contributed by atoms with Gasteiger partial charge in [-0.25, -0.2) is 0 Å². The Kier molecular flexibility index (Phi) is 2.90. The monoisotopic (exact) mass is 282 g/mol. The first-order chi connectivity index (χ1) is 8.75. The van der Waals surface area contributed by atoms with E-state index in [0.29, 0.717) is 18.3 Å². The van der Waals surface area contributed by atoms with Gasteiger partial charge in [0.1, 0.15) is 11.4 Å². The van der Waals surface area contributed by atoms with Crippen molar-refractivity contribution in [3.05, 3.63) is 0 Å². The van der Waals surface area contributed by atoms with Gasteiger partial charge in [-0.3, -0.25) is 4.99 Å². The smallest absolute Gasteiger partial charge is 0.184 e. The number of hydrogen-bond acceptors (Lipinski definition) is 4. The third-order valence-corrected chi connectivity index (χ3v) is 6.16. The van der Waals surface area contributed by atoms with E-state index in [-0.39, 0.29) is 11.5 Å². The number of fused-ring (bicyclic) bond motifs is 3. The summed E-state index contributed by atoms with van der Waals surface area (Å²) in [4.78, 5) is 4.50. The first-order valence-electron chi connectivity index (χ1n) is 7.48. The van der Waals surface area contributed by atoms with Crippen molar-refractivity contribution < 1.29 is 9.53 Å². The predicted molar refractivity (Wildman–Crippen MR) is 78.7 cm³/mol. The van der Waals surface area contributed by atoms with Crippen LogP contribution in [0.4, 0.5) is 0 Å². The topological polar surface area (TPSA) is 67.8 Å². The minimum atomic E-state index is -1.63. The van der Waals surface area contributed by atoms with Gasteiger partial charge in [-0.1, -0.05) is 6.42 Å². The lowest BCUT2D eigenvalue weighted by atomic mass is 9.65. The van der Waals surface area contributed by atoms with Crippen molar-refractivity contribution in [3.8, 4) is 0 Å². The van der Waals surface area contributed by atoms with Crippen molar-refractivity contribution in [2.45, 2.75) is 62.9 Å². The van der Waals surface area contributed by atoms with E-state index in [4.69, 9.17) is 10.2 Å². The molecule has 5 rings (SSSR count). The maximum Gasteiger partial charge on any atom is 0.184 e. The van der Waals surface area contributed by atoms with E-state index in [0.717, 1.165) is 25.7 Å². The van der Waals surface area contributed by atoms with Gasteiger partial charge in [-0.15, -0.1) is 0 Å². The summed E-state index contributed by atoms with van der Waals surface area (Å²) < 4.78 is 6.61. The molecule has 4 nitrogen and oxygen atoms in total. The molecular weight excluding hydrogens is 256 g/mol. The third kappa shape index (κ3) is 2.06. The van der Waals surface area contributed by atoms with Crippen LogP contribution >= 0.6 is 0 Å². The number of nitrogens with zero attached hydrogens (tertiary/aromatic N) is 1. The normalized spacial score (nSPS) is 45.8. The summed E-state index contributed by atoms with van der Waals surface area (Å²) in [5.41, 5.74) is 5.07. The summed E-state index contributed by atoms with van der Waals surface area (Å²) >= 11 is 0. The molecular formula is C14H26N2O2Si. The van der Waals surface area contributed by atoms with Crippen LogP contribution in [-0.4, -0.2) is 37.0 Å². The number of aliphatic imine (C=N–C) groups is 1. The van der Waals surface area contributed by atoms with Gasteiger partial charge in [0.2, 0.25) is 0 Å². The second-order valence-corrected chi connectivity index (χ2v) is 12.1. The van der Waals surface area contributed by atoms with Crippen molar-refractivity contribution in [2.24, 2.45) is 22.6 Å². The molecule has 5 heteroatoms. The molecule has 0 aromatic heterocycles. The first kappa shape index (κ1) is 13.6. The second kappa shape index (κ2) is 4.05. The van der Waals surface area contributed by atoms with Crippen LogP contribution in [0.25, 0.3) is 0 Å². The highest BCUT2D eigenvalue weighted by Crippen LogP contribution is 2.54. The molecule has 0 aromatic carbocycles. The van der Waals surface area contributed by atoms with E-state index in [9.17, 15) is 5.11 Å². The summed E-state index contributed by atoms with van der Waals surface area (Å²) in [6.07, 6.45) is 5.06. The van der Waals surface area contributed by atoms with Gasteiger partial charge >= 0.3 is 0 Å². The summed E-state index contributed by atoms with van der Waals surface area (Å²) in [6.45, 7) is 7.37. The van der Waals surface area contributed by atoms with Crippen LogP contribution in [0.15, 0.2) is 4.99 Å². The standard InChI is InChI=1S/C14H26N2O2Si/c1-19(2,3)18-13-7-11-6-4-5-10(13)8-14(11,17)12(15)16-9-13/h10-11,17H,4-9H2,1-3H3,(H2,15,16)/t10-,11-,13-,14+/m1/s1. The van der Waals surface area contributed by atoms with Gasteiger partial charge in [0.25, 0.3) is 0 Å². The molecule has 0 spiro atoms. The van der Waals surface area contributed by atoms with Crippen molar-refractivity contribution in [2.75, 3.05) is 6.54 Å². The van der Waals surface area contributed by atoms with Crippen molar-refractivity contribution >= 4 is 14.2 Å². The van der Waals surface area contributed by atoms with Gasteiger partial charge in [0, 0.05) is 0 Å². The molecule has 0 aromatic rings. The Morgan fingerprint density at radius 3 is 2.63 bits per heavy atom. The maximum absolute atomic E-state index is 10.9.